The van der Waals surface area contributed by atoms with Crippen molar-refractivity contribution in [1.29, 1.82) is 0 Å². The maximum absolute atomic E-state index is 12.3. The fourth-order valence-corrected chi connectivity index (χ4v) is 3.11. The number of amides is 1. The number of piperazine rings is 1. The summed E-state index contributed by atoms with van der Waals surface area (Å²) in [7, 11) is 0. The summed E-state index contributed by atoms with van der Waals surface area (Å²) < 4.78 is 0. The number of benzene rings is 1. The van der Waals surface area contributed by atoms with Crippen LogP contribution in [0.5, 0.6) is 0 Å². The smallest absolute Gasteiger partial charge is 0.234 e. The minimum Gasteiger partial charge on any atom is -0.348 e. The highest BCUT2D eigenvalue weighted by molar-refractivity contribution is 6.30. The first-order valence-corrected chi connectivity index (χ1v) is 8.79. The van der Waals surface area contributed by atoms with Gasteiger partial charge in [-0.25, -0.2) is 9.97 Å². The largest absolute Gasteiger partial charge is 0.348 e. The standard InChI is InChI=1S/C18H22ClN5O/c1-14(15-4-2-5-16(19)12-15)22-17(25)13-23-8-10-24(11-9-23)18-20-6-3-7-21-18/h2-7,12,14H,8-11,13H2,1H3,(H,22,25). The van der Waals surface area contributed by atoms with E-state index >= 15 is 0 Å². The molecule has 1 aromatic carbocycles. The van der Waals surface area contributed by atoms with Gasteiger partial charge in [-0.15, -0.1) is 0 Å². The molecule has 6 nitrogen and oxygen atoms in total. The monoisotopic (exact) mass is 359 g/mol. The van der Waals surface area contributed by atoms with E-state index in [1.807, 2.05) is 37.3 Å². The highest BCUT2D eigenvalue weighted by atomic mass is 35.5. The molecular formula is C18H22ClN5O. The average molecular weight is 360 g/mol. The van der Waals surface area contributed by atoms with Crippen molar-refractivity contribution in [1.82, 2.24) is 20.2 Å². The SMILES string of the molecule is CC(NC(=O)CN1CCN(c2ncccn2)CC1)c1cccc(Cl)c1. The second-order valence-electron chi connectivity index (χ2n) is 6.16. The number of anilines is 1. The number of nitrogens with one attached hydrogen (secondary N) is 1. The van der Waals surface area contributed by atoms with Crippen molar-refractivity contribution in [3.63, 3.8) is 0 Å². The van der Waals surface area contributed by atoms with E-state index in [1.54, 1.807) is 12.4 Å². The number of carbonyl (C=O) groups is 1. The molecule has 1 N–H and O–H groups in total. The molecule has 2 heterocycles. The topological polar surface area (TPSA) is 61.4 Å². The Morgan fingerprint density at radius 2 is 1.92 bits per heavy atom. The number of aromatic nitrogens is 2. The van der Waals surface area contributed by atoms with Crippen molar-refractivity contribution in [3.8, 4) is 0 Å². The molecule has 0 spiro atoms. The molecule has 1 saturated heterocycles. The predicted molar refractivity (Wildman–Crippen MR) is 98.7 cm³/mol. The maximum Gasteiger partial charge on any atom is 0.234 e. The molecule has 1 aliphatic heterocycles. The number of carbonyl (C=O) groups excluding carboxylic acids is 1. The number of hydrogen-bond donors (Lipinski definition) is 1. The van der Waals surface area contributed by atoms with E-state index in [9.17, 15) is 4.79 Å². The highest BCUT2D eigenvalue weighted by Crippen LogP contribution is 2.17. The Morgan fingerprint density at radius 3 is 2.60 bits per heavy atom. The first-order chi connectivity index (χ1) is 12.1. The van der Waals surface area contributed by atoms with Gasteiger partial charge in [-0.2, -0.15) is 0 Å². The number of hydrogen-bond acceptors (Lipinski definition) is 5. The zero-order valence-corrected chi connectivity index (χ0v) is 15.0. The van der Waals surface area contributed by atoms with Crippen molar-refractivity contribution in [2.75, 3.05) is 37.6 Å². The minimum atomic E-state index is -0.0646. The van der Waals surface area contributed by atoms with Crippen LogP contribution < -0.4 is 10.2 Å². The lowest BCUT2D eigenvalue weighted by atomic mass is 10.1. The molecular weight excluding hydrogens is 338 g/mol. The van der Waals surface area contributed by atoms with Crippen molar-refractivity contribution in [2.24, 2.45) is 0 Å². The fourth-order valence-electron chi connectivity index (χ4n) is 2.91. The Kier molecular flexibility index (Phi) is 5.83. The van der Waals surface area contributed by atoms with Gasteiger partial charge in [0, 0.05) is 43.6 Å². The van der Waals surface area contributed by atoms with Crippen LogP contribution >= 0.6 is 11.6 Å². The van der Waals surface area contributed by atoms with E-state index in [0.717, 1.165) is 37.7 Å². The van der Waals surface area contributed by atoms with Crippen molar-refractivity contribution >= 4 is 23.5 Å². The van der Waals surface area contributed by atoms with Crippen LogP contribution in [0.1, 0.15) is 18.5 Å². The molecule has 132 valence electrons. The highest BCUT2D eigenvalue weighted by Gasteiger charge is 2.21. The van der Waals surface area contributed by atoms with Gasteiger partial charge >= 0.3 is 0 Å². The van der Waals surface area contributed by atoms with Gasteiger partial charge in [0.25, 0.3) is 0 Å². The lowest BCUT2D eigenvalue weighted by molar-refractivity contribution is -0.123. The van der Waals surface area contributed by atoms with Crippen LogP contribution in [0.15, 0.2) is 42.7 Å². The van der Waals surface area contributed by atoms with Gasteiger partial charge in [-0.3, -0.25) is 9.69 Å². The van der Waals surface area contributed by atoms with Crippen LogP contribution in [0.4, 0.5) is 5.95 Å². The molecule has 0 saturated carbocycles. The zero-order chi connectivity index (χ0) is 17.6. The number of halogens is 1. The van der Waals surface area contributed by atoms with Crippen LogP contribution in [-0.4, -0.2) is 53.5 Å². The molecule has 0 bridgehead atoms. The van der Waals surface area contributed by atoms with Gasteiger partial charge in [0.2, 0.25) is 11.9 Å². The molecule has 0 radical (unpaired) electrons. The Morgan fingerprint density at radius 1 is 1.20 bits per heavy atom. The molecule has 1 unspecified atom stereocenters. The van der Waals surface area contributed by atoms with Crippen LogP contribution in [0.3, 0.4) is 0 Å². The van der Waals surface area contributed by atoms with Crippen molar-refractivity contribution in [2.45, 2.75) is 13.0 Å². The summed E-state index contributed by atoms with van der Waals surface area (Å²) in [5.41, 5.74) is 1.01. The Labute approximate surface area is 152 Å². The molecule has 1 aromatic heterocycles. The van der Waals surface area contributed by atoms with E-state index in [0.29, 0.717) is 11.6 Å². The van der Waals surface area contributed by atoms with Crippen LogP contribution in [0.25, 0.3) is 0 Å². The zero-order valence-electron chi connectivity index (χ0n) is 14.2. The summed E-state index contributed by atoms with van der Waals surface area (Å²) in [6, 6.07) is 9.32. The first-order valence-electron chi connectivity index (χ1n) is 8.41. The third-order valence-corrected chi connectivity index (χ3v) is 4.54. The van der Waals surface area contributed by atoms with Crippen molar-refractivity contribution < 1.29 is 4.79 Å². The minimum absolute atomic E-state index is 0.0249. The van der Waals surface area contributed by atoms with Crippen LogP contribution in [0.2, 0.25) is 5.02 Å². The molecule has 2 aromatic rings. The second kappa shape index (κ2) is 8.27. The van der Waals surface area contributed by atoms with Gasteiger partial charge in [0.05, 0.1) is 12.6 Å². The van der Waals surface area contributed by atoms with Crippen molar-refractivity contribution in [3.05, 3.63) is 53.3 Å². The molecule has 1 atom stereocenters. The molecule has 7 heteroatoms. The summed E-state index contributed by atoms with van der Waals surface area (Å²) in [6.07, 6.45) is 3.50. The van der Waals surface area contributed by atoms with E-state index < -0.39 is 0 Å². The third kappa shape index (κ3) is 4.90. The van der Waals surface area contributed by atoms with Crippen LogP contribution in [-0.2, 0) is 4.79 Å². The van der Waals surface area contributed by atoms with Gasteiger partial charge in [0.1, 0.15) is 0 Å². The molecule has 0 aliphatic carbocycles. The molecule has 1 aliphatic rings. The number of rotatable bonds is 5. The summed E-state index contributed by atoms with van der Waals surface area (Å²) in [6.45, 7) is 5.64. The average Bonchev–Trinajstić information content (AvgIpc) is 2.63. The van der Waals surface area contributed by atoms with Crippen LogP contribution in [0, 0.1) is 0 Å². The summed E-state index contributed by atoms with van der Waals surface area (Å²) in [5, 5.41) is 3.71. The maximum atomic E-state index is 12.3. The van der Waals surface area contributed by atoms with Gasteiger partial charge in [-0.05, 0) is 30.7 Å². The summed E-state index contributed by atoms with van der Waals surface area (Å²) in [5.74, 6) is 0.776. The summed E-state index contributed by atoms with van der Waals surface area (Å²) >= 11 is 6.01. The Hall–Kier alpha value is -2.18. The fraction of sp³-hybridized carbons (Fsp3) is 0.389. The number of nitrogens with zero attached hydrogens (tertiary/aromatic N) is 4. The molecule has 1 fully saturated rings. The van der Waals surface area contributed by atoms with E-state index in [-0.39, 0.29) is 11.9 Å². The summed E-state index contributed by atoms with van der Waals surface area (Å²) in [4.78, 5) is 25.2. The molecule has 1 amide bonds. The Bertz CT molecular complexity index is 704. The molecule has 3 rings (SSSR count). The second-order valence-corrected chi connectivity index (χ2v) is 6.59. The predicted octanol–water partition coefficient (Wildman–Crippen LogP) is 2.13. The van der Waals surface area contributed by atoms with E-state index in [4.69, 9.17) is 11.6 Å². The van der Waals surface area contributed by atoms with Gasteiger partial charge in [0.15, 0.2) is 0 Å². The Balaban J connectivity index is 1.46. The quantitative estimate of drug-likeness (QED) is 0.886. The molecule has 25 heavy (non-hydrogen) atoms. The lowest BCUT2D eigenvalue weighted by Crippen LogP contribution is -2.50. The van der Waals surface area contributed by atoms with E-state index in [2.05, 4.69) is 25.1 Å². The van der Waals surface area contributed by atoms with E-state index in [1.165, 1.54) is 0 Å². The normalized spacial score (nSPS) is 16.5. The van der Waals surface area contributed by atoms with Gasteiger partial charge < -0.3 is 10.2 Å². The van der Waals surface area contributed by atoms with Gasteiger partial charge in [-0.1, -0.05) is 23.7 Å². The lowest BCUT2D eigenvalue weighted by Gasteiger charge is -2.34. The first kappa shape index (κ1) is 17.6. The third-order valence-electron chi connectivity index (χ3n) is 4.30.